The summed E-state index contributed by atoms with van der Waals surface area (Å²) in [5.74, 6) is -0.471. The van der Waals surface area contributed by atoms with E-state index < -0.39 is 21.7 Å². The predicted octanol–water partition coefficient (Wildman–Crippen LogP) is 5.44. The molecule has 2 aliphatic rings. The molecule has 0 atom stereocenters. The maximum absolute atomic E-state index is 13.5. The maximum atomic E-state index is 13.5. The highest BCUT2D eigenvalue weighted by atomic mass is 35.5. The summed E-state index contributed by atoms with van der Waals surface area (Å²) < 4.78 is 49.5. The van der Waals surface area contributed by atoms with Gasteiger partial charge in [-0.05, 0) is 59.4 Å². The van der Waals surface area contributed by atoms with E-state index in [4.69, 9.17) is 11.6 Å². The molecule has 0 heterocycles. The Kier molecular flexibility index (Phi) is 4.04. The molecule has 1 fully saturated rings. The van der Waals surface area contributed by atoms with Crippen molar-refractivity contribution in [3.63, 3.8) is 0 Å². The van der Waals surface area contributed by atoms with E-state index in [1.54, 1.807) is 24.3 Å². The number of allylic oxidation sites excluding steroid dienone is 4. The minimum Gasteiger partial charge on any atom is -0.233 e. The number of rotatable bonds is 4. The van der Waals surface area contributed by atoms with Crippen LogP contribution in [0.3, 0.4) is 0 Å². The molecule has 0 aromatic heterocycles. The van der Waals surface area contributed by atoms with E-state index in [9.17, 15) is 17.2 Å². The Morgan fingerprint density at radius 2 is 1.54 bits per heavy atom. The van der Waals surface area contributed by atoms with Crippen LogP contribution in [0.25, 0.3) is 11.1 Å². The zero-order valence-electron chi connectivity index (χ0n) is 13.7. The van der Waals surface area contributed by atoms with Crippen LogP contribution in [0.1, 0.15) is 24.0 Å². The van der Waals surface area contributed by atoms with Crippen LogP contribution in [-0.4, -0.2) is 14.4 Å². The molecule has 0 bridgehead atoms. The quantitative estimate of drug-likeness (QED) is 0.694. The van der Waals surface area contributed by atoms with Gasteiger partial charge >= 0.3 is 0 Å². The maximum Gasteiger partial charge on any atom is 0.207 e. The predicted molar refractivity (Wildman–Crippen MR) is 98.6 cm³/mol. The summed E-state index contributed by atoms with van der Waals surface area (Å²) in [5.41, 5.74) is 3.57. The number of halogens is 3. The average Bonchev–Trinajstić information content (AvgIpc) is 3.28. The van der Waals surface area contributed by atoms with Gasteiger partial charge in [0.15, 0.2) is 6.01 Å². The van der Waals surface area contributed by atoms with Gasteiger partial charge in [0.1, 0.15) is 5.82 Å². The molecular formula is C20H15ClF2O2S. The van der Waals surface area contributed by atoms with Crippen LogP contribution >= 0.6 is 11.6 Å². The zero-order valence-corrected chi connectivity index (χ0v) is 15.2. The van der Waals surface area contributed by atoms with Gasteiger partial charge in [-0.1, -0.05) is 42.0 Å². The third-order valence-electron chi connectivity index (χ3n) is 4.88. The highest BCUT2D eigenvalue weighted by Crippen LogP contribution is 2.57. The lowest BCUT2D eigenvalue weighted by Crippen LogP contribution is -2.02. The summed E-state index contributed by atoms with van der Waals surface area (Å²) >= 11 is 5.94. The molecule has 26 heavy (non-hydrogen) atoms. The van der Waals surface area contributed by atoms with Gasteiger partial charge in [0.05, 0.1) is 9.92 Å². The van der Waals surface area contributed by atoms with Gasteiger partial charge in [-0.25, -0.2) is 17.2 Å². The van der Waals surface area contributed by atoms with E-state index in [1.165, 1.54) is 18.2 Å². The van der Waals surface area contributed by atoms with E-state index in [1.807, 2.05) is 0 Å². The lowest BCUT2D eigenvalue weighted by atomic mass is 9.95. The second-order valence-corrected chi connectivity index (χ2v) is 9.05. The van der Waals surface area contributed by atoms with Crippen LogP contribution in [0.2, 0.25) is 5.02 Å². The number of benzene rings is 2. The first-order valence-corrected chi connectivity index (χ1v) is 10.2. The van der Waals surface area contributed by atoms with Crippen LogP contribution < -0.4 is 0 Å². The van der Waals surface area contributed by atoms with Gasteiger partial charge in [-0.15, -0.1) is 0 Å². The standard InChI is InChI=1S/C20H15ClF2O2S/c21-18-9-14(3-6-19(18)23)17-11-20(7-8-20)10-16(17)13-1-4-15(5-2-13)26(24,25)12-22/h1-6,9-11H,7-8,12H2. The van der Waals surface area contributed by atoms with Crippen molar-refractivity contribution in [3.05, 3.63) is 76.6 Å². The smallest absolute Gasteiger partial charge is 0.207 e. The van der Waals surface area contributed by atoms with E-state index in [-0.39, 0.29) is 15.3 Å². The molecule has 134 valence electrons. The molecule has 2 aromatic carbocycles. The monoisotopic (exact) mass is 392 g/mol. The normalized spacial score (nSPS) is 18.0. The van der Waals surface area contributed by atoms with E-state index >= 15 is 0 Å². The Balaban J connectivity index is 1.75. The highest BCUT2D eigenvalue weighted by molar-refractivity contribution is 7.91. The minimum absolute atomic E-state index is 0.0230. The topological polar surface area (TPSA) is 34.1 Å². The van der Waals surface area contributed by atoms with Crippen molar-refractivity contribution < 1.29 is 17.2 Å². The van der Waals surface area contributed by atoms with E-state index in [0.29, 0.717) is 0 Å². The molecular weight excluding hydrogens is 378 g/mol. The molecule has 0 amide bonds. The van der Waals surface area contributed by atoms with Crippen molar-refractivity contribution in [2.24, 2.45) is 5.41 Å². The largest absolute Gasteiger partial charge is 0.233 e. The molecule has 0 aliphatic heterocycles. The first-order valence-electron chi connectivity index (χ1n) is 8.14. The molecule has 4 rings (SSSR count). The lowest BCUT2D eigenvalue weighted by Gasteiger charge is -2.11. The summed E-state index contributed by atoms with van der Waals surface area (Å²) in [4.78, 5) is -0.0427. The second kappa shape index (κ2) is 6.03. The Hall–Kier alpha value is -1.98. The number of hydrogen-bond acceptors (Lipinski definition) is 2. The van der Waals surface area contributed by atoms with Gasteiger partial charge in [-0.2, -0.15) is 0 Å². The molecule has 6 heteroatoms. The fraction of sp³-hybridized carbons (Fsp3) is 0.200. The fourth-order valence-electron chi connectivity index (χ4n) is 3.25. The molecule has 2 aliphatic carbocycles. The van der Waals surface area contributed by atoms with Gasteiger partial charge in [0.25, 0.3) is 0 Å². The highest BCUT2D eigenvalue weighted by Gasteiger charge is 2.43. The van der Waals surface area contributed by atoms with Crippen LogP contribution in [-0.2, 0) is 9.84 Å². The molecule has 2 aromatic rings. The van der Waals surface area contributed by atoms with Gasteiger partial charge in [0.2, 0.25) is 9.84 Å². The van der Waals surface area contributed by atoms with E-state index in [0.717, 1.165) is 35.1 Å². The third-order valence-corrected chi connectivity index (χ3v) is 6.45. The fourth-order valence-corrected chi connectivity index (χ4v) is 4.11. The van der Waals surface area contributed by atoms with Crippen LogP contribution in [0.15, 0.2) is 59.5 Å². The van der Waals surface area contributed by atoms with Crippen molar-refractivity contribution in [1.82, 2.24) is 0 Å². The number of hydrogen-bond donors (Lipinski definition) is 0. The minimum atomic E-state index is -3.88. The molecule has 0 unspecified atom stereocenters. The summed E-state index contributed by atoms with van der Waals surface area (Å²) in [6, 6.07) is 9.38. The van der Waals surface area contributed by atoms with E-state index in [2.05, 4.69) is 12.2 Å². The average molecular weight is 393 g/mol. The lowest BCUT2D eigenvalue weighted by molar-refractivity contribution is 0.534. The van der Waals surface area contributed by atoms with Crippen LogP contribution in [0.4, 0.5) is 8.78 Å². The first-order chi connectivity index (χ1) is 12.3. The Morgan fingerprint density at radius 1 is 0.962 bits per heavy atom. The molecule has 2 nitrogen and oxygen atoms in total. The Morgan fingerprint density at radius 3 is 2.08 bits per heavy atom. The summed E-state index contributed by atoms with van der Waals surface area (Å²) in [7, 11) is -3.88. The molecule has 1 spiro atoms. The van der Waals surface area contributed by atoms with Crippen molar-refractivity contribution in [2.45, 2.75) is 17.7 Å². The summed E-state index contributed by atoms with van der Waals surface area (Å²) in [5, 5.41) is 0.0592. The van der Waals surface area contributed by atoms with Crippen molar-refractivity contribution in [1.29, 1.82) is 0 Å². The second-order valence-electron chi connectivity index (χ2n) is 6.73. The third kappa shape index (κ3) is 2.99. The molecule has 0 radical (unpaired) electrons. The van der Waals surface area contributed by atoms with Gasteiger partial charge in [-0.3, -0.25) is 0 Å². The molecule has 0 saturated heterocycles. The zero-order chi connectivity index (χ0) is 18.5. The SMILES string of the molecule is O=S(=O)(CF)c1ccc(C2=CC3(C=C2c2ccc(F)c(Cl)c2)CC3)cc1. The van der Waals surface area contributed by atoms with Crippen molar-refractivity contribution in [3.8, 4) is 0 Å². The summed E-state index contributed by atoms with van der Waals surface area (Å²) in [6.45, 7) is 0. The summed E-state index contributed by atoms with van der Waals surface area (Å²) in [6.07, 6.45) is 6.42. The number of alkyl halides is 1. The first kappa shape index (κ1) is 17.4. The van der Waals surface area contributed by atoms with Gasteiger partial charge < -0.3 is 0 Å². The van der Waals surface area contributed by atoms with Crippen molar-refractivity contribution >= 4 is 32.6 Å². The van der Waals surface area contributed by atoms with Crippen LogP contribution in [0, 0.1) is 11.2 Å². The molecule has 1 saturated carbocycles. The Labute approximate surface area is 155 Å². The molecule has 0 N–H and O–H groups in total. The van der Waals surface area contributed by atoms with Gasteiger partial charge in [0, 0.05) is 5.41 Å². The Bertz CT molecular complexity index is 1050. The van der Waals surface area contributed by atoms with Crippen molar-refractivity contribution in [2.75, 3.05) is 6.01 Å². The van der Waals surface area contributed by atoms with Crippen LogP contribution in [0.5, 0.6) is 0 Å². The number of sulfone groups is 1.